The van der Waals surface area contributed by atoms with Crippen molar-refractivity contribution in [3.05, 3.63) is 47.2 Å². The summed E-state index contributed by atoms with van der Waals surface area (Å²) in [6, 6.07) is 10.2. The number of aliphatic hydroxyl groups excluding tert-OH is 3. The standard InChI is InChI=1S/C17H21ClO4/c18-13-15(20)16(21)14(19)12-9-8-11(22-17(12)13)7-6-10-4-2-1-3-5-10/h1-5,11,13-16,19-21H,6-9H2/t11?,13-,14-,15+,16+/m0/s1. The molecule has 5 atom stereocenters. The molecule has 0 bridgehead atoms. The van der Waals surface area contributed by atoms with Gasteiger partial charge in [-0.05, 0) is 31.2 Å². The molecule has 0 spiro atoms. The molecule has 0 amide bonds. The van der Waals surface area contributed by atoms with E-state index in [1.54, 1.807) is 0 Å². The van der Waals surface area contributed by atoms with Crippen LogP contribution in [-0.4, -0.2) is 45.1 Å². The molecule has 1 heterocycles. The molecule has 1 unspecified atom stereocenters. The maximum atomic E-state index is 10.0. The molecule has 0 radical (unpaired) electrons. The highest BCUT2D eigenvalue weighted by atomic mass is 35.5. The third kappa shape index (κ3) is 3.01. The van der Waals surface area contributed by atoms with Gasteiger partial charge in [0.1, 0.15) is 29.4 Å². The van der Waals surface area contributed by atoms with Crippen LogP contribution < -0.4 is 0 Å². The second kappa shape index (κ2) is 6.59. The van der Waals surface area contributed by atoms with Crippen LogP contribution in [0.5, 0.6) is 0 Å². The minimum atomic E-state index is -1.24. The van der Waals surface area contributed by atoms with Crippen LogP contribution in [0.25, 0.3) is 0 Å². The Hall–Kier alpha value is -1.07. The third-order valence-corrected chi connectivity index (χ3v) is 4.98. The minimum absolute atomic E-state index is 0.0230. The van der Waals surface area contributed by atoms with Gasteiger partial charge in [0.15, 0.2) is 0 Å². The molecule has 5 heteroatoms. The van der Waals surface area contributed by atoms with Gasteiger partial charge in [-0.2, -0.15) is 0 Å². The van der Waals surface area contributed by atoms with Crippen LogP contribution in [0.2, 0.25) is 0 Å². The van der Waals surface area contributed by atoms with Crippen molar-refractivity contribution >= 4 is 11.6 Å². The molecule has 120 valence electrons. The maximum absolute atomic E-state index is 10.0. The first-order valence-corrected chi connectivity index (χ1v) is 8.13. The van der Waals surface area contributed by atoms with Gasteiger partial charge in [0.05, 0.1) is 6.10 Å². The second-order valence-electron chi connectivity index (χ2n) is 6.02. The van der Waals surface area contributed by atoms with Gasteiger partial charge in [-0.25, -0.2) is 0 Å². The van der Waals surface area contributed by atoms with E-state index in [0.717, 1.165) is 19.3 Å². The molecule has 22 heavy (non-hydrogen) atoms. The first-order chi connectivity index (χ1) is 10.6. The lowest BCUT2D eigenvalue weighted by atomic mass is 9.84. The van der Waals surface area contributed by atoms with Crippen LogP contribution in [-0.2, 0) is 11.2 Å². The Balaban J connectivity index is 1.67. The van der Waals surface area contributed by atoms with Crippen LogP contribution >= 0.6 is 11.6 Å². The summed E-state index contributed by atoms with van der Waals surface area (Å²) >= 11 is 6.18. The molecule has 2 aliphatic rings. The average Bonchev–Trinajstić information content (AvgIpc) is 2.57. The fourth-order valence-corrected chi connectivity index (χ4v) is 3.53. The van der Waals surface area contributed by atoms with E-state index in [0.29, 0.717) is 17.8 Å². The lowest BCUT2D eigenvalue weighted by molar-refractivity contribution is -0.0732. The summed E-state index contributed by atoms with van der Waals surface area (Å²) in [4.78, 5) is 0. The van der Waals surface area contributed by atoms with Crippen LogP contribution in [0.4, 0.5) is 0 Å². The van der Waals surface area contributed by atoms with Gasteiger partial charge in [-0.1, -0.05) is 30.3 Å². The number of benzene rings is 1. The van der Waals surface area contributed by atoms with E-state index in [1.165, 1.54) is 5.56 Å². The summed E-state index contributed by atoms with van der Waals surface area (Å²) < 4.78 is 5.93. The number of aryl methyl sites for hydroxylation is 1. The summed E-state index contributed by atoms with van der Waals surface area (Å²) in [6.45, 7) is 0. The Morgan fingerprint density at radius 2 is 1.82 bits per heavy atom. The Morgan fingerprint density at radius 3 is 2.55 bits per heavy atom. The van der Waals surface area contributed by atoms with E-state index in [9.17, 15) is 15.3 Å². The largest absolute Gasteiger partial charge is 0.493 e. The molecule has 1 aromatic carbocycles. The highest BCUT2D eigenvalue weighted by molar-refractivity contribution is 6.22. The van der Waals surface area contributed by atoms with Gasteiger partial charge in [-0.3, -0.25) is 0 Å². The Morgan fingerprint density at radius 1 is 1.09 bits per heavy atom. The topological polar surface area (TPSA) is 69.9 Å². The second-order valence-corrected chi connectivity index (χ2v) is 6.49. The molecule has 1 aromatic rings. The molecule has 1 aliphatic carbocycles. The van der Waals surface area contributed by atoms with Crippen molar-refractivity contribution in [3.63, 3.8) is 0 Å². The predicted octanol–water partition coefficient (Wildman–Crippen LogP) is 1.76. The molecule has 0 saturated heterocycles. The lowest BCUT2D eigenvalue weighted by Crippen LogP contribution is -2.50. The highest BCUT2D eigenvalue weighted by Gasteiger charge is 2.44. The number of aliphatic hydroxyl groups is 3. The third-order valence-electron chi connectivity index (χ3n) is 4.52. The Bertz CT molecular complexity index is 545. The quantitative estimate of drug-likeness (QED) is 0.741. The van der Waals surface area contributed by atoms with Crippen molar-refractivity contribution in [1.29, 1.82) is 0 Å². The van der Waals surface area contributed by atoms with E-state index in [1.807, 2.05) is 18.2 Å². The summed E-state index contributed by atoms with van der Waals surface area (Å²) in [5.41, 5.74) is 1.89. The zero-order valence-electron chi connectivity index (χ0n) is 12.2. The molecule has 1 aliphatic heterocycles. The summed E-state index contributed by atoms with van der Waals surface area (Å²) in [6.07, 6.45) is -0.314. The molecular formula is C17H21ClO4. The van der Waals surface area contributed by atoms with E-state index in [2.05, 4.69) is 12.1 Å². The molecular weight excluding hydrogens is 304 g/mol. The zero-order valence-corrected chi connectivity index (χ0v) is 13.0. The van der Waals surface area contributed by atoms with Gasteiger partial charge in [0, 0.05) is 5.57 Å². The molecule has 0 fully saturated rings. The Kier molecular flexibility index (Phi) is 4.73. The van der Waals surface area contributed by atoms with Gasteiger partial charge in [0.25, 0.3) is 0 Å². The molecule has 4 nitrogen and oxygen atoms in total. The van der Waals surface area contributed by atoms with E-state index in [-0.39, 0.29) is 6.10 Å². The summed E-state index contributed by atoms with van der Waals surface area (Å²) in [5.74, 6) is 0.455. The first kappa shape index (κ1) is 15.8. The van der Waals surface area contributed by atoms with Gasteiger partial charge >= 0.3 is 0 Å². The fraction of sp³-hybridized carbons (Fsp3) is 0.529. The highest BCUT2D eigenvalue weighted by Crippen LogP contribution is 2.38. The van der Waals surface area contributed by atoms with Gasteiger partial charge < -0.3 is 20.1 Å². The number of rotatable bonds is 3. The van der Waals surface area contributed by atoms with Crippen LogP contribution in [0.1, 0.15) is 24.8 Å². The summed E-state index contributed by atoms with van der Waals surface area (Å²) in [7, 11) is 0. The van der Waals surface area contributed by atoms with Crippen LogP contribution in [0.3, 0.4) is 0 Å². The number of ether oxygens (including phenoxy) is 1. The van der Waals surface area contributed by atoms with Crippen molar-refractivity contribution in [1.82, 2.24) is 0 Å². The van der Waals surface area contributed by atoms with Gasteiger partial charge in [0.2, 0.25) is 0 Å². The summed E-state index contributed by atoms with van der Waals surface area (Å²) in [5, 5.41) is 28.9. The number of alkyl halides is 1. The normalized spacial score (nSPS) is 35.0. The van der Waals surface area contributed by atoms with Crippen molar-refractivity contribution < 1.29 is 20.1 Å². The van der Waals surface area contributed by atoms with Crippen molar-refractivity contribution in [2.75, 3.05) is 0 Å². The van der Waals surface area contributed by atoms with E-state index < -0.39 is 23.7 Å². The molecule has 3 rings (SSSR count). The molecule has 0 saturated carbocycles. The SMILES string of the molecule is O[C@H]1[C@H](O)[C@@H](O)C2=C(OC(CCc3ccccc3)CC2)[C@H]1Cl. The number of hydrogen-bond acceptors (Lipinski definition) is 4. The molecule has 3 N–H and O–H groups in total. The smallest absolute Gasteiger partial charge is 0.119 e. The number of hydrogen-bond donors (Lipinski definition) is 3. The van der Waals surface area contributed by atoms with Crippen molar-refractivity contribution in [2.45, 2.75) is 55.5 Å². The predicted molar refractivity (Wildman–Crippen MR) is 83.6 cm³/mol. The van der Waals surface area contributed by atoms with Crippen LogP contribution in [0.15, 0.2) is 41.7 Å². The molecule has 0 aromatic heterocycles. The zero-order chi connectivity index (χ0) is 15.7. The maximum Gasteiger partial charge on any atom is 0.119 e. The van der Waals surface area contributed by atoms with Crippen LogP contribution in [0, 0.1) is 0 Å². The average molecular weight is 325 g/mol. The van der Waals surface area contributed by atoms with Crippen molar-refractivity contribution in [2.24, 2.45) is 0 Å². The van der Waals surface area contributed by atoms with E-state index in [4.69, 9.17) is 16.3 Å². The first-order valence-electron chi connectivity index (χ1n) is 7.69. The van der Waals surface area contributed by atoms with E-state index >= 15 is 0 Å². The van der Waals surface area contributed by atoms with Crippen molar-refractivity contribution in [3.8, 4) is 0 Å². The number of halogens is 1. The lowest BCUT2D eigenvalue weighted by Gasteiger charge is -2.40. The fourth-order valence-electron chi connectivity index (χ4n) is 3.19. The monoisotopic (exact) mass is 324 g/mol. The minimum Gasteiger partial charge on any atom is -0.493 e. The Labute approximate surface area is 135 Å². The van der Waals surface area contributed by atoms with Gasteiger partial charge in [-0.15, -0.1) is 11.6 Å².